The van der Waals surface area contributed by atoms with Crippen molar-refractivity contribution in [1.29, 1.82) is 0 Å². The van der Waals surface area contributed by atoms with E-state index < -0.39 is 0 Å². The SMILES string of the molecule is O=c1c2ccc(-n3c4ccccc4c4ccccc43)c3cccc(c32)c2nc3ccccc3n12. The normalized spacial score (nSPS) is 12.2. The van der Waals surface area contributed by atoms with Crippen LogP contribution < -0.4 is 5.56 Å². The molecule has 0 saturated heterocycles. The molecule has 0 spiro atoms. The van der Waals surface area contributed by atoms with Gasteiger partial charge in [0, 0.05) is 32.3 Å². The topological polar surface area (TPSA) is 39.3 Å². The van der Waals surface area contributed by atoms with Crippen molar-refractivity contribution in [3.05, 3.63) is 113 Å². The average Bonchev–Trinajstić information content (AvgIpc) is 3.44. The third kappa shape index (κ3) is 2.08. The fourth-order valence-electron chi connectivity index (χ4n) is 5.67. The molecule has 0 unspecified atom stereocenters. The van der Waals surface area contributed by atoms with Crippen LogP contribution in [0.3, 0.4) is 0 Å². The predicted molar refractivity (Wildman–Crippen MR) is 140 cm³/mol. The van der Waals surface area contributed by atoms with Crippen molar-refractivity contribution < 1.29 is 0 Å². The van der Waals surface area contributed by atoms with E-state index in [1.54, 1.807) is 4.40 Å². The zero-order chi connectivity index (χ0) is 22.4. The number of benzene rings is 5. The van der Waals surface area contributed by atoms with E-state index in [-0.39, 0.29) is 5.56 Å². The van der Waals surface area contributed by atoms with Gasteiger partial charge in [0.15, 0.2) is 0 Å². The van der Waals surface area contributed by atoms with Gasteiger partial charge in [0.2, 0.25) is 0 Å². The number of fused-ring (bicyclic) bond motifs is 7. The Bertz CT molecular complexity index is 2100. The maximum absolute atomic E-state index is 13.7. The predicted octanol–water partition coefficient (Wildman–Crippen LogP) is 6.69. The highest BCUT2D eigenvalue weighted by Crippen LogP contribution is 2.37. The number of pyridine rings is 1. The highest BCUT2D eigenvalue weighted by molar-refractivity contribution is 6.19. The molecule has 8 rings (SSSR count). The smallest absolute Gasteiger partial charge is 0.264 e. The molecule has 158 valence electrons. The van der Waals surface area contributed by atoms with Crippen LogP contribution in [0.25, 0.3) is 65.7 Å². The number of hydrogen-bond acceptors (Lipinski definition) is 2. The second-order valence-electron chi connectivity index (χ2n) is 8.79. The van der Waals surface area contributed by atoms with Crippen LogP contribution in [0.5, 0.6) is 0 Å². The van der Waals surface area contributed by atoms with Gasteiger partial charge in [-0.05, 0) is 36.4 Å². The fraction of sp³-hybridized carbons (Fsp3) is 0. The van der Waals surface area contributed by atoms with Crippen LogP contribution in [0.15, 0.2) is 108 Å². The first-order valence-corrected chi connectivity index (χ1v) is 11.4. The summed E-state index contributed by atoms with van der Waals surface area (Å²) in [7, 11) is 0. The summed E-state index contributed by atoms with van der Waals surface area (Å²) in [5.41, 5.74) is 5.73. The summed E-state index contributed by atoms with van der Waals surface area (Å²) in [5.74, 6) is 0. The van der Waals surface area contributed by atoms with Gasteiger partial charge in [0.25, 0.3) is 5.56 Å². The van der Waals surface area contributed by atoms with Crippen molar-refractivity contribution in [2.45, 2.75) is 0 Å². The molecule has 34 heavy (non-hydrogen) atoms. The Morgan fingerprint density at radius 2 is 1.15 bits per heavy atom. The third-order valence-electron chi connectivity index (χ3n) is 7.07. The Hall–Kier alpha value is -4.70. The highest BCUT2D eigenvalue weighted by atomic mass is 16.1. The Kier molecular flexibility index (Phi) is 3.25. The van der Waals surface area contributed by atoms with Crippen molar-refractivity contribution in [2.75, 3.05) is 0 Å². The number of hydrogen-bond donors (Lipinski definition) is 0. The summed E-state index contributed by atoms with van der Waals surface area (Å²) < 4.78 is 4.07. The largest absolute Gasteiger partial charge is 0.309 e. The molecule has 0 amide bonds. The zero-order valence-corrected chi connectivity index (χ0v) is 18.1. The van der Waals surface area contributed by atoms with E-state index in [0.29, 0.717) is 11.0 Å². The van der Waals surface area contributed by atoms with Crippen molar-refractivity contribution in [1.82, 2.24) is 14.0 Å². The molecule has 0 aliphatic carbocycles. The number of imidazole rings is 1. The molecule has 0 saturated carbocycles. The molecule has 0 bridgehead atoms. The van der Waals surface area contributed by atoms with Gasteiger partial charge in [-0.25, -0.2) is 4.98 Å². The second kappa shape index (κ2) is 6.21. The number of nitrogens with zero attached hydrogens (tertiary/aromatic N) is 3. The molecule has 5 aromatic carbocycles. The van der Waals surface area contributed by atoms with Gasteiger partial charge in [-0.1, -0.05) is 66.7 Å². The number of para-hydroxylation sites is 4. The number of aromatic nitrogens is 3. The third-order valence-corrected chi connectivity index (χ3v) is 7.07. The van der Waals surface area contributed by atoms with Gasteiger partial charge in [-0.2, -0.15) is 0 Å². The molecule has 3 heterocycles. The van der Waals surface area contributed by atoms with Gasteiger partial charge >= 0.3 is 0 Å². The average molecular weight is 435 g/mol. The summed E-state index contributed by atoms with van der Waals surface area (Å²) in [6.07, 6.45) is 0. The van der Waals surface area contributed by atoms with Crippen LogP contribution in [0, 0.1) is 0 Å². The van der Waals surface area contributed by atoms with Crippen LogP contribution in [0.2, 0.25) is 0 Å². The van der Waals surface area contributed by atoms with E-state index in [0.717, 1.165) is 43.9 Å². The first-order chi connectivity index (χ1) is 16.8. The van der Waals surface area contributed by atoms with Crippen LogP contribution in [0.1, 0.15) is 0 Å². The molecule has 0 aliphatic rings. The van der Waals surface area contributed by atoms with E-state index in [9.17, 15) is 4.79 Å². The minimum atomic E-state index is -0.0267. The van der Waals surface area contributed by atoms with E-state index in [1.807, 2.05) is 30.3 Å². The molecular formula is C30H17N3O. The Labute approximate surface area is 193 Å². The Morgan fingerprint density at radius 3 is 1.91 bits per heavy atom. The monoisotopic (exact) mass is 435 g/mol. The lowest BCUT2D eigenvalue weighted by atomic mass is 10.0. The standard InChI is InChI=1S/C30H17N3O/c34-30-22-16-17-26(32-24-13-4-1-8-18(24)19-9-2-5-14-25(19)32)20-10-7-11-21(28(20)22)29-31-23-12-3-6-15-27(23)33(29)30/h1-17H. The van der Waals surface area contributed by atoms with Gasteiger partial charge < -0.3 is 4.57 Å². The lowest BCUT2D eigenvalue weighted by molar-refractivity contribution is 1.18. The lowest BCUT2D eigenvalue weighted by Gasteiger charge is -2.14. The van der Waals surface area contributed by atoms with Crippen LogP contribution >= 0.6 is 0 Å². The molecule has 0 fully saturated rings. The van der Waals surface area contributed by atoms with Crippen LogP contribution in [-0.2, 0) is 0 Å². The highest BCUT2D eigenvalue weighted by Gasteiger charge is 2.19. The first-order valence-electron chi connectivity index (χ1n) is 11.4. The van der Waals surface area contributed by atoms with Gasteiger partial charge in [0.05, 0.1) is 27.8 Å². The summed E-state index contributed by atoms with van der Waals surface area (Å²) in [5, 5.41) is 6.16. The quantitative estimate of drug-likeness (QED) is 0.288. The van der Waals surface area contributed by atoms with Gasteiger partial charge in [-0.15, -0.1) is 0 Å². The van der Waals surface area contributed by atoms with Gasteiger partial charge in [-0.3, -0.25) is 9.20 Å². The number of rotatable bonds is 1. The molecule has 4 heteroatoms. The van der Waals surface area contributed by atoms with Crippen molar-refractivity contribution in [2.24, 2.45) is 0 Å². The minimum absolute atomic E-state index is 0.0267. The van der Waals surface area contributed by atoms with E-state index in [2.05, 4.69) is 77.4 Å². The lowest BCUT2D eigenvalue weighted by Crippen LogP contribution is -2.13. The summed E-state index contributed by atoms with van der Waals surface area (Å²) in [6.45, 7) is 0. The first kappa shape index (κ1) is 17.8. The fourth-order valence-corrected chi connectivity index (χ4v) is 5.67. The van der Waals surface area contributed by atoms with E-state index >= 15 is 0 Å². The molecular weight excluding hydrogens is 418 g/mol. The molecule has 4 nitrogen and oxygen atoms in total. The maximum atomic E-state index is 13.7. The summed E-state index contributed by atoms with van der Waals surface area (Å²) >= 11 is 0. The molecule has 0 radical (unpaired) electrons. The van der Waals surface area contributed by atoms with Crippen molar-refractivity contribution in [3.63, 3.8) is 0 Å². The Morgan fingerprint density at radius 1 is 0.529 bits per heavy atom. The molecule has 0 aliphatic heterocycles. The second-order valence-corrected chi connectivity index (χ2v) is 8.79. The Balaban J connectivity index is 1.60. The van der Waals surface area contributed by atoms with Crippen molar-refractivity contribution in [3.8, 4) is 5.69 Å². The summed E-state index contributed by atoms with van der Waals surface area (Å²) in [6, 6.07) is 35.1. The molecule has 0 N–H and O–H groups in total. The van der Waals surface area contributed by atoms with E-state index in [4.69, 9.17) is 4.98 Å². The summed E-state index contributed by atoms with van der Waals surface area (Å²) in [4.78, 5) is 18.6. The van der Waals surface area contributed by atoms with E-state index in [1.165, 1.54) is 10.8 Å². The molecule has 0 atom stereocenters. The maximum Gasteiger partial charge on any atom is 0.264 e. The van der Waals surface area contributed by atoms with Crippen molar-refractivity contribution >= 4 is 60.0 Å². The molecule has 8 aromatic rings. The van der Waals surface area contributed by atoms with Gasteiger partial charge in [0.1, 0.15) is 5.65 Å². The van der Waals surface area contributed by atoms with Crippen LogP contribution in [-0.4, -0.2) is 14.0 Å². The zero-order valence-electron chi connectivity index (χ0n) is 18.1. The van der Waals surface area contributed by atoms with Crippen LogP contribution in [0.4, 0.5) is 0 Å². The molecule has 3 aromatic heterocycles. The minimum Gasteiger partial charge on any atom is -0.309 e.